The molecule has 3 nitrogen and oxygen atoms in total. The highest BCUT2D eigenvalue weighted by molar-refractivity contribution is 6.20. The van der Waals surface area contributed by atoms with Crippen molar-refractivity contribution in [1.29, 1.82) is 0 Å². The fourth-order valence-electron chi connectivity index (χ4n) is 2.96. The molecular formula is C15H19ClN2O. The fourth-order valence-corrected chi connectivity index (χ4v) is 3.12. The molecule has 1 aromatic heterocycles. The van der Waals surface area contributed by atoms with Gasteiger partial charge in [-0.05, 0) is 38.8 Å². The van der Waals surface area contributed by atoms with E-state index in [0.717, 1.165) is 24.4 Å². The molecule has 102 valence electrons. The zero-order valence-electron chi connectivity index (χ0n) is 11.6. The molecule has 0 bridgehead atoms. The Labute approximate surface area is 118 Å². The maximum atomic E-state index is 6.33. The lowest BCUT2D eigenvalue weighted by Gasteiger charge is -2.20. The topological polar surface area (TPSA) is 27.1 Å². The van der Waals surface area contributed by atoms with Crippen LogP contribution in [0.25, 0.3) is 11.0 Å². The van der Waals surface area contributed by atoms with E-state index in [1.807, 2.05) is 6.92 Å². The number of nitrogens with zero attached hydrogens (tertiary/aromatic N) is 2. The third-order valence-corrected chi connectivity index (χ3v) is 4.17. The molecule has 0 amide bonds. The monoisotopic (exact) mass is 278 g/mol. The Morgan fingerprint density at radius 1 is 1.47 bits per heavy atom. The van der Waals surface area contributed by atoms with Crippen LogP contribution in [0.1, 0.15) is 43.1 Å². The molecule has 19 heavy (non-hydrogen) atoms. The first-order valence-corrected chi connectivity index (χ1v) is 7.26. The summed E-state index contributed by atoms with van der Waals surface area (Å²) in [5.41, 5.74) is 3.43. The molecule has 0 aliphatic carbocycles. The summed E-state index contributed by atoms with van der Waals surface area (Å²) in [6, 6.07) is 6.64. The van der Waals surface area contributed by atoms with Crippen molar-refractivity contribution in [2.45, 2.75) is 44.7 Å². The summed E-state index contributed by atoms with van der Waals surface area (Å²) in [4.78, 5) is 4.77. The van der Waals surface area contributed by atoms with Crippen molar-refractivity contribution in [3.05, 3.63) is 29.6 Å². The first-order chi connectivity index (χ1) is 9.09. The Morgan fingerprint density at radius 3 is 2.89 bits per heavy atom. The van der Waals surface area contributed by atoms with Crippen LogP contribution < -0.4 is 0 Å². The molecule has 0 saturated carbocycles. The standard InChI is InChI=1S/C15H19ClN2O/c1-9-5-4-6-13-14(9)17-15(10(2)16)18(13)12-7-8-19-11(12)3/h4-6,10-12H,7-8H2,1-3H3. The largest absolute Gasteiger partial charge is 0.376 e. The van der Waals surface area contributed by atoms with Crippen LogP contribution in [-0.2, 0) is 4.74 Å². The first-order valence-electron chi connectivity index (χ1n) is 6.82. The maximum Gasteiger partial charge on any atom is 0.128 e. The number of aromatic nitrogens is 2. The van der Waals surface area contributed by atoms with Crippen LogP contribution in [0, 0.1) is 6.92 Å². The van der Waals surface area contributed by atoms with Gasteiger partial charge in [-0.1, -0.05) is 12.1 Å². The van der Waals surface area contributed by atoms with Crippen LogP contribution in [0.3, 0.4) is 0 Å². The van der Waals surface area contributed by atoms with Gasteiger partial charge < -0.3 is 9.30 Å². The number of para-hydroxylation sites is 1. The normalized spacial score (nSPS) is 25.1. The molecule has 3 atom stereocenters. The van der Waals surface area contributed by atoms with Crippen LogP contribution in [0.2, 0.25) is 0 Å². The van der Waals surface area contributed by atoms with Gasteiger partial charge in [-0.15, -0.1) is 11.6 Å². The van der Waals surface area contributed by atoms with E-state index in [4.69, 9.17) is 21.3 Å². The summed E-state index contributed by atoms with van der Waals surface area (Å²) in [7, 11) is 0. The lowest BCUT2D eigenvalue weighted by atomic mass is 10.1. The Balaban J connectivity index is 2.25. The van der Waals surface area contributed by atoms with E-state index in [0.29, 0.717) is 6.04 Å². The van der Waals surface area contributed by atoms with Gasteiger partial charge in [-0.25, -0.2) is 4.98 Å². The predicted molar refractivity (Wildman–Crippen MR) is 77.8 cm³/mol. The average Bonchev–Trinajstić information content (AvgIpc) is 2.93. The Hall–Kier alpha value is -1.06. The SMILES string of the molecule is Cc1cccc2c1nc(C(C)Cl)n2C1CCOC1C. The second-order valence-electron chi connectivity index (χ2n) is 5.33. The molecule has 1 aromatic carbocycles. The van der Waals surface area contributed by atoms with E-state index in [1.165, 1.54) is 11.1 Å². The number of alkyl halides is 1. The molecule has 3 rings (SSSR count). The van der Waals surface area contributed by atoms with Gasteiger partial charge in [0.1, 0.15) is 5.82 Å². The number of rotatable bonds is 2. The highest BCUT2D eigenvalue weighted by Gasteiger charge is 2.30. The lowest BCUT2D eigenvalue weighted by molar-refractivity contribution is 0.108. The number of halogens is 1. The Morgan fingerprint density at radius 2 is 2.26 bits per heavy atom. The number of hydrogen-bond acceptors (Lipinski definition) is 2. The van der Waals surface area contributed by atoms with E-state index in [-0.39, 0.29) is 11.5 Å². The van der Waals surface area contributed by atoms with Crippen molar-refractivity contribution in [2.75, 3.05) is 6.61 Å². The summed E-state index contributed by atoms with van der Waals surface area (Å²) in [5.74, 6) is 0.952. The van der Waals surface area contributed by atoms with Crippen LogP contribution in [0.15, 0.2) is 18.2 Å². The van der Waals surface area contributed by atoms with Gasteiger partial charge in [0.05, 0.1) is 28.6 Å². The highest BCUT2D eigenvalue weighted by atomic mass is 35.5. The van der Waals surface area contributed by atoms with E-state index in [9.17, 15) is 0 Å². The summed E-state index contributed by atoms with van der Waals surface area (Å²) in [6.07, 6.45) is 1.24. The molecule has 2 heterocycles. The fraction of sp³-hybridized carbons (Fsp3) is 0.533. The van der Waals surface area contributed by atoms with Crippen molar-refractivity contribution < 1.29 is 4.74 Å². The van der Waals surface area contributed by atoms with Gasteiger partial charge in [-0.3, -0.25) is 0 Å². The molecule has 1 aliphatic rings. The molecule has 1 aliphatic heterocycles. The van der Waals surface area contributed by atoms with Crippen LogP contribution >= 0.6 is 11.6 Å². The minimum atomic E-state index is -0.0976. The zero-order valence-corrected chi connectivity index (χ0v) is 12.3. The van der Waals surface area contributed by atoms with Gasteiger partial charge in [0, 0.05) is 6.61 Å². The van der Waals surface area contributed by atoms with Crippen molar-refractivity contribution in [3.63, 3.8) is 0 Å². The van der Waals surface area contributed by atoms with Gasteiger partial charge >= 0.3 is 0 Å². The summed E-state index contributed by atoms with van der Waals surface area (Å²) >= 11 is 6.33. The van der Waals surface area contributed by atoms with Crippen molar-refractivity contribution in [1.82, 2.24) is 9.55 Å². The molecule has 1 fully saturated rings. The van der Waals surface area contributed by atoms with Gasteiger partial charge in [0.2, 0.25) is 0 Å². The smallest absolute Gasteiger partial charge is 0.128 e. The average molecular weight is 279 g/mol. The number of imidazole rings is 1. The van der Waals surface area contributed by atoms with Crippen LogP contribution in [0.4, 0.5) is 0 Å². The molecule has 4 heteroatoms. The van der Waals surface area contributed by atoms with Crippen LogP contribution in [-0.4, -0.2) is 22.3 Å². The quantitative estimate of drug-likeness (QED) is 0.777. The van der Waals surface area contributed by atoms with E-state index >= 15 is 0 Å². The van der Waals surface area contributed by atoms with Crippen molar-refractivity contribution >= 4 is 22.6 Å². The summed E-state index contributed by atoms with van der Waals surface area (Å²) < 4.78 is 8.00. The number of ether oxygens (including phenoxy) is 1. The molecule has 2 aromatic rings. The van der Waals surface area contributed by atoms with Gasteiger partial charge in [0.25, 0.3) is 0 Å². The van der Waals surface area contributed by atoms with Crippen molar-refractivity contribution in [2.24, 2.45) is 0 Å². The predicted octanol–water partition coefficient (Wildman–Crippen LogP) is 3.99. The summed E-state index contributed by atoms with van der Waals surface area (Å²) in [6.45, 7) is 7.02. The number of benzene rings is 1. The zero-order chi connectivity index (χ0) is 13.6. The van der Waals surface area contributed by atoms with Crippen molar-refractivity contribution in [3.8, 4) is 0 Å². The second-order valence-corrected chi connectivity index (χ2v) is 5.99. The summed E-state index contributed by atoms with van der Waals surface area (Å²) in [5, 5.41) is -0.0976. The first kappa shape index (κ1) is 12.9. The molecule has 1 saturated heterocycles. The van der Waals surface area contributed by atoms with Gasteiger partial charge in [0.15, 0.2) is 0 Å². The van der Waals surface area contributed by atoms with Gasteiger partial charge in [-0.2, -0.15) is 0 Å². The minimum Gasteiger partial charge on any atom is -0.376 e. The Bertz CT molecular complexity index is 605. The highest BCUT2D eigenvalue weighted by Crippen LogP contribution is 2.35. The molecular weight excluding hydrogens is 260 g/mol. The third-order valence-electron chi connectivity index (χ3n) is 3.97. The number of fused-ring (bicyclic) bond motifs is 1. The van der Waals surface area contributed by atoms with E-state index in [1.54, 1.807) is 0 Å². The maximum absolute atomic E-state index is 6.33. The number of aryl methyl sites for hydroxylation is 1. The minimum absolute atomic E-state index is 0.0976. The molecule has 0 N–H and O–H groups in total. The van der Waals surface area contributed by atoms with Crippen LogP contribution in [0.5, 0.6) is 0 Å². The third kappa shape index (κ3) is 2.05. The molecule has 3 unspecified atom stereocenters. The molecule has 0 spiro atoms. The number of hydrogen-bond donors (Lipinski definition) is 0. The lowest BCUT2D eigenvalue weighted by Crippen LogP contribution is -2.19. The second kappa shape index (κ2) is 4.80. The van der Waals surface area contributed by atoms with E-state index < -0.39 is 0 Å². The molecule has 0 radical (unpaired) electrons. The Kier molecular flexibility index (Phi) is 3.27. The van der Waals surface area contributed by atoms with E-state index in [2.05, 4.69) is 36.6 Å².